The lowest BCUT2D eigenvalue weighted by Crippen LogP contribution is -2.00. The van der Waals surface area contributed by atoms with E-state index in [2.05, 4.69) is 15.5 Å². The smallest absolute Gasteiger partial charge is 0.269 e. The predicted molar refractivity (Wildman–Crippen MR) is 108 cm³/mol. The van der Waals surface area contributed by atoms with E-state index in [1.807, 2.05) is 18.2 Å². The molecule has 1 heterocycles. The second-order valence-corrected chi connectivity index (χ2v) is 6.42. The lowest BCUT2D eigenvalue weighted by atomic mass is 10.1. The Kier molecular flexibility index (Phi) is 6.02. The number of nitro benzene ring substituents is 1. The van der Waals surface area contributed by atoms with Crippen LogP contribution in [-0.2, 0) is 6.61 Å². The van der Waals surface area contributed by atoms with Crippen LogP contribution in [0.25, 0.3) is 0 Å². The minimum Gasteiger partial charge on any atom is -0.496 e. The molecule has 0 saturated carbocycles. The minimum absolute atomic E-state index is 0.0117. The summed E-state index contributed by atoms with van der Waals surface area (Å²) in [6.45, 7) is 0.235. The van der Waals surface area contributed by atoms with Gasteiger partial charge in [0, 0.05) is 23.1 Å². The summed E-state index contributed by atoms with van der Waals surface area (Å²) in [5.41, 5.74) is 10.0. The zero-order chi connectivity index (χ0) is 19.9. The van der Waals surface area contributed by atoms with Gasteiger partial charge in [0.25, 0.3) is 5.69 Å². The van der Waals surface area contributed by atoms with Gasteiger partial charge in [0.05, 0.1) is 18.2 Å². The van der Waals surface area contributed by atoms with Crippen molar-refractivity contribution in [2.75, 3.05) is 18.3 Å². The highest BCUT2D eigenvalue weighted by Crippen LogP contribution is 2.23. The van der Waals surface area contributed by atoms with Gasteiger partial charge in [-0.2, -0.15) is 5.10 Å². The molecule has 3 rings (SSSR count). The number of benzene rings is 2. The molecule has 0 bridgehead atoms. The molecule has 0 radical (unpaired) electrons. The first-order valence-electron chi connectivity index (χ1n) is 8.09. The average molecular weight is 399 g/mol. The van der Waals surface area contributed by atoms with Crippen LogP contribution in [0.4, 0.5) is 16.6 Å². The van der Waals surface area contributed by atoms with E-state index in [0.717, 1.165) is 11.1 Å². The van der Waals surface area contributed by atoms with Crippen molar-refractivity contribution in [3.63, 3.8) is 0 Å². The first kappa shape index (κ1) is 19.1. The lowest BCUT2D eigenvalue weighted by Gasteiger charge is -2.11. The molecule has 0 amide bonds. The molecular formula is C18H17N5O4S. The van der Waals surface area contributed by atoms with Gasteiger partial charge in [-0.15, -0.1) is 11.3 Å². The summed E-state index contributed by atoms with van der Waals surface area (Å²) in [5.74, 6) is 1.63. The number of hydrogen-bond acceptors (Lipinski definition) is 9. The number of nitrogens with two attached hydrogens (primary N) is 1. The van der Waals surface area contributed by atoms with Crippen molar-refractivity contribution in [2.24, 2.45) is 5.10 Å². The van der Waals surface area contributed by atoms with Crippen LogP contribution in [0.5, 0.6) is 11.5 Å². The zero-order valence-corrected chi connectivity index (χ0v) is 15.7. The van der Waals surface area contributed by atoms with Gasteiger partial charge in [0.1, 0.15) is 23.9 Å². The number of thiazole rings is 1. The molecule has 10 heteroatoms. The summed E-state index contributed by atoms with van der Waals surface area (Å²) in [6.07, 6.45) is 1.65. The summed E-state index contributed by atoms with van der Waals surface area (Å²) in [5, 5.41) is 17.2. The molecule has 0 fully saturated rings. The quantitative estimate of drug-likeness (QED) is 0.336. The van der Waals surface area contributed by atoms with Crippen molar-refractivity contribution in [1.29, 1.82) is 0 Å². The molecule has 1 aromatic heterocycles. The van der Waals surface area contributed by atoms with Gasteiger partial charge >= 0.3 is 0 Å². The number of nitrogens with zero attached hydrogens (tertiary/aromatic N) is 3. The molecule has 3 aromatic rings. The Labute approximate surface area is 164 Å². The van der Waals surface area contributed by atoms with E-state index in [1.165, 1.54) is 23.5 Å². The molecule has 9 nitrogen and oxygen atoms in total. The van der Waals surface area contributed by atoms with Crippen LogP contribution in [0, 0.1) is 10.1 Å². The summed E-state index contributed by atoms with van der Waals surface area (Å²) in [6, 6.07) is 11.5. The van der Waals surface area contributed by atoms with Crippen molar-refractivity contribution in [3.8, 4) is 11.5 Å². The second kappa shape index (κ2) is 8.82. The van der Waals surface area contributed by atoms with Crippen LogP contribution in [0.2, 0.25) is 0 Å². The highest BCUT2D eigenvalue weighted by atomic mass is 32.1. The highest BCUT2D eigenvalue weighted by molar-refractivity contribution is 7.14. The molecule has 2 aromatic carbocycles. The van der Waals surface area contributed by atoms with Crippen LogP contribution in [0.1, 0.15) is 11.1 Å². The van der Waals surface area contributed by atoms with Crippen molar-refractivity contribution in [1.82, 2.24) is 4.98 Å². The summed E-state index contributed by atoms with van der Waals surface area (Å²) in [4.78, 5) is 14.3. The van der Waals surface area contributed by atoms with Gasteiger partial charge in [-0.1, -0.05) is 0 Å². The SMILES string of the molecule is COc1ccc(C=NNc2nc(N)cs2)cc1COc1ccc([N+](=O)[O-])cc1. The highest BCUT2D eigenvalue weighted by Gasteiger charge is 2.08. The maximum absolute atomic E-state index is 10.7. The zero-order valence-electron chi connectivity index (χ0n) is 14.9. The fourth-order valence-corrected chi connectivity index (χ4v) is 2.86. The Balaban J connectivity index is 1.67. The lowest BCUT2D eigenvalue weighted by molar-refractivity contribution is -0.384. The first-order valence-corrected chi connectivity index (χ1v) is 8.97. The third kappa shape index (κ3) is 4.95. The number of methoxy groups -OCH3 is 1. The molecule has 0 saturated heterocycles. The molecule has 0 aliphatic rings. The van der Waals surface area contributed by atoms with Crippen molar-refractivity contribution < 1.29 is 14.4 Å². The Morgan fingerprint density at radius 3 is 2.75 bits per heavy atom. The minimum atomic E-state index is -0.455. The van der Waals surface area contributed by atoms with Gasteiger partial charge in [0.2, 0.25) is 5.13 Å². The van der Waals surface area contributed by atoms with E-state index in [1.54, 1.807) is 30.8 Å². The van der Waals surface area contributed by atoms with Gasteiger partial charge < -0.3 is 15.2 Å². The van der Waals surface area contributed by atoms with Crippen LogP contribution in [0.3, 0.4) is 0 Å². The number of aromatic nitrogens is 1. The Bertz CT molecular complexity index is 988. The molecule has 0 spiro atoms. The third-order valence-electron chi connectivity index (χ3n) is 3.64. The van der Waals surface area contributed by atoms with Gasteiger partial charge in [-0.3, -0.25) is 15.5 Å². The number of nitro groups is 1. The maximum atomic E-state index is 10.7. The van der Waals surface area contributed by atoms with E-state index in [9.17, 15) is 10.1 Å². The van der Waals surface area contributed by atoms with E-state index in [0.29, 0.717) is 22.4 Å². The molecule has 144 valence electrons. The van der Waals surface area contributed by atoms with Crippen LogP contribution in [-0.4, -0.2) is 23.2 Å². The first-order chi connectivity index (χ1) is 13.5. The summed E-state index contributed by atoms with van der Waals surface area (Å²) in [7, 11) is 1.58. The number of anilines is 2. The van der Waals surface area contributed by atoms with Crippen LogP contribution >= 0.6 is 11.3 Å². The van der Waals surface area contributed by atoms with Crippen molar-refractivity contribution in [2.45, 2.75) is 6.61 Å². The summed E-state index contributed by atoms with van der Waals surface area (Å²) >= 11 is 1.36. The molecule has 3 N–H and O–H groups in total. The van der Waals surface area contributed by atoms with Crippen molar-refractivity contribution >= 4 is 34.2 Å². The van der Waals surface area contributed by atoms with Gasteiger partial charge in [0.15, 0.2) is 0 Å². The number of hydrogen-bond donors (Lipinski definition) is 2. The van der Waals surface area contributed by atoms with Crippen molar-refractivity contribution in [3.05, 3.63) is 69.1 Å². The molecule has 0 aliphatic heterocycles. The monoisotopic (exact) mass is 399 g/mol. The van der Waals surface area contributed by atoms with Crippen LogP contribution in [0.15, 0.2) is 52.9 Å². The molecule has 0 aliphatic carbocycles. The number of rotatable bonds is 8. The molecule has 0 unspecified atom stereocenters. The van der Waals surface area contributed by atoms with E-state index < -0.39 is 4.92 Å². The second-order valence-electron chi connectivity index (χ2n) is 5.56. The average Bonchev–Trinajstić information content (AvgIpc) is 3.12. The fourth-order valence-electron chi connectivity index (χ4n) is 2.32. The fraction of sp³-hybridized carbons (Fsp3) is 0.111. The van der Waals surface area contributed by atoms with Crippen LogP contribution < -0.4 is 20.6 Å². The van der Waals surface area contributed by atoms with Gasteiger partial charge in [-0.25, -0.2) is 4.98 Å². The topological polar surface area (TPSA) is 125 Å². The Hall–Kier alpha value is -3.66. The number of nitrogens with one attached hydrogen (secondary N) is 1. The normalized spacial score (nSPS) is 10.8. The Morgan fingerprint density at radius 2 is 2.11 bits per heavy atom. The number of ether oxygens (including phenoxy) is 2. The number of non-ortho nitro benzene ring substituents is 1. The molecule has 0 atom stereocenters. The van der Waals surface area contributed by atoms with E-state index >= 15 is 0 Å². The summed E-state index contributed by atoms with van der Waals surface area (Å²) < 4.78 is 11.1. The Morgan fingerprint density at radius 1 is 1.32 bits per heavy atom. The molecule has 28 heavy (non-hydrogen) atoms. The number of nitrogen functional groups attached to an aromatic ring is 1. The third-order valence-corrected chi connectivity index (χ3v) is 4.41. The van der Waals surface area contributed by atoms with E-state index in [-0.39, 0.29) is 12.3 Å². The maximum Gasteiger partial charge on any atom is 0.269 e. The predicted octanol–water partition coefficient (Wildman–Crippen LogP) is 3.67. The largest absolute Gasteiger partial charge is 0.496 e. The van der Waals surface area contributed by atoms with Gasteiger partial charge in [-0.05, 0) is 35.9 Å². The standard InChI is InChI=1S/C18H17N5O4S/c1-26-16-7-2-12(9-20-22-18-21-17(19)11-28-18)8-13(16)10-27-15-5-3-14(4-6-15)23(24)25/h2-9,11H,10,19H2,1H3,(H,21,22). The number of hydrazone groups is 1. The molecular weight excluding hydrogens is 382 g/mol. The van der Waals surface area contributed by atoms with E-state index in [4.69, 9.17) is 15.2 Å².